The molecule has 19 heavy (non-hydrogen) atoms. The van der Waals surface area contributed by atoms with Crippen LogP contribution in [0.2, 0.25) is 0 Å². The van der Waals surface area contributed by atoms with Crippen molar-refractivity contribution in [2.24, 2.45) is 0 Å². The third-order valence-corrected chi connectivity index (χ3v) is 3.40. The largest absolute Gasteiger partial charge is 0.372 e. The molecule has 0 radical (unpaired) electrons. The van der Waals surface area contributed by atoms with Crippen LogP contribution in [-0.2, 0) is 4.79 Å². The van der Waals surface area contributed by atoms with Crippen molar-refractivity contribution in [3.05, 3.63) is 35.5 Å². The predicted octanol–water partition coefficient (Wildman–Crippen LogP) is 1.47. The lowest BCUT2D eigenvalue weighted by Gasteiger charge is -2.17. The molecule has 3 amide bonds. The van der Waals surface area contributed by atoms with E-state index in [4.69, 9.17) is 0 Å². The van der Waals surface area contributed by atoms with Crippen LogP contribution in [0.3, 0.4) is 0 Å². The molecule has 5 heteroatoms. The van der Waals surface area contributed by atoms with Gasteiger partial charge in [-0.1, -0.05) is 12.1 Å². The van der Waals surface area contributed by atoms with Crippen LogP contribution in [0.5, 0.6) is 0 Å². The van der Waals surface area contributed by atoms with E-state index in [0.717, 1.165) is 18.7 Å². The van der Waals surface area contributed by atoms with Gasteiger partial charge in [0.2, 0.25) is 0 Å². The molecular formula is C14H15N3O2. The highest BCUT2D eigenvalue weighted by Crippen LogP contribution is 2.21. The van der Waals surface area contributed by atoms with E-state index in [2.05, 4.69) is 15.5 Å². The Morgan fingerprint density at radius 1 is 1.00 bits per heavy atom. The van der Waals surface area contributed by atoms with Crippen LogP contribution in [0.25, 0.3) is 6.08 Å². The van der Waals surface area contributed by atoms with Gasteiger partial charge in [-0.15, -0.1) is 0 Å². The summed E-state index contributed by atoms with van der Waals surface area (Å²) in [4.78, 5) is 24.7. The topological polar surface area (TPSA) is 61.4 Å². The lowest BCUT2D eigenvalue weighted by atomic mass is 10.1. The van der Waals surface area contributed by atoms with E-state index in [1.807, 2.05) is 24.3 Å². The van der Waals surface area contributed by atoms with Gasteiger partial charge in [-0.25, -0.2) is 4.79 Å². The maximum Gasteiger partial charge on any atom is 0.326 e. The summed E-state index contributed by atoms with van der Waals surface area (Å²) >= 11 is 0. The molecule has 3 rings (SSSR count). The molecule has 2 fully saturated rings. The molecule has 2 N–H and O–H groups in total. The average molecular weight is 257 g/mol. The molecule has 5 nitrogen and oxygen atoms in total. The summed E-state index contributed by atoms with van der Waals surface area (Å²) in [5.74, 6) is -0.381. The molecule has 2 aliphatic rings. The summed E-state index contributed by atoms with van der Waals surface area (Å²) in [6.45, 7) is 2.22. The third-order valence-electron chi connectivity index (χ3n) is 3.40. The molecule has 2 saturated heterocycles. The summed E-state index contributed by atoms with van der Waals surface area (Å²) in [6.07, 6.45) is 4.17. The van der Waals surface area contributed by atoms with Gasteiger partial charge in [0.1, 0.15) is 5.70 Å². The van der Waals surface area contributed by atoms with Crippen molar-refractivity contribution in [1.29, 1.82) is 0 Å². The molecule has 0 saturated carbocycles. The first-order valence-electron chi connectivity index (χ1n) is 6.41. The Labute approximate surface area is 111 Å². The quantitative estimate of drug-likeness (QED) is 0.623. The number of hydrogen-bond acceptors (Lipinski definition) is 3. The summed E-state index contributed by atoms with van der Waals surface area (Å²) < 4.78 is 0. The average Bonchev–Trinajstić information content (AvgIpc) is 3.01. The van der Waals surface area contributed by atoms with Gasteiger partial charge in [0.05, 0.1) is 0 Å². The molecule has 0 unspecified atom stereocenters. The highest BCUT2D eigenvalue weighted by Gasteiger charge is 2.22. The molecule has 0 atom stereocenters. The number of carbonyl (C=O) groups is 2. The van der Waals surface area contributed by atoms with Gasteiger partial charge in [0.15, 0.2) is 0 Å². The van der Waals surface area contributed by atoms with Crippen LogP contribution in [0.4, 0.5) is 10.5 Å². The van der Waals surface area contributed by atoms with Gasteiger partial charge in [-0.3, -0.25) is 10.1 Å². The number of benzene rings is 1. The molecule has 0 aliphatic carbocycles. The minimum atomic E-state index is -0.468. The summed E-state index contributed by atoms with van der Waals surface area (Å²) in [5, 5.41) is 4.65. The Hall–Kier alpha value is -2.30. The molecule has 0 spiro atoms. The zero-order valence-corrected chi connectivity index (χ0v) is 10.5. The molecule has 1 aromatic rings. The van der Waals surface area contributed by atoms with Crippen molar-refractivity contribution < 1.29 is 9.59 Å². The minimum Gasteiger partial charge on any atom is -0.372 e. The Morgan fingerprint density at radius 2 is 1.68 bits per heavy atom. The maximum absolute atomic E-state index is 11.4. The van der Waals surface area contributed by atoms with Gasteiger partial charge in [-0.2, -0.15) is 0 Å². The lowest BCUT2D eigenvalue weighted by molar-refractivity contribution is -0.115. The number of amides is 3. The summed E-state index contributed by atoms with van der Waals surface area (Å²) in [7, 11) is 0. The van der Waals surface area contributed by atoms with Crippen molar-refractivity contribution in [2.45, 2.75) is 12.8 Å². The SMILES string of the molecule is O=C1NC(=O)C(=Cc2ccc(N3CCCC3)cc2)N1. The second kappa shape index (κ2) is 4.76. The first-order valence-corrected chi connectivity index (χ1v) is 6.41. The Morgan fingerprint density at radius 3 is 2.26 bits per heavy atom. The van der Waals surface area contributed by atoms with Gasteiger partial charge >= 0.3 is 6.03 Å². The van der Waals surface area contributed by atoms with E-state index in [1.165, 1.54) is 18.5 Å². The fraction of sp³-hybridized carbons (Fsp3) is 0.286. The molecule has 0 bridgehead atoms. The number of hydrogen-bond donors (Lipinski definition) is 2. The van der Waals surface area contributed by atoms with E-state index in [-0.39, 0.29) is 5.91 Å². The normalized spacial score (nSPS) is 20.8. The van der Waals surface area contributed by atoms with Crippen LogP contribution < -0.4 is 15.5 Å². The number of imide groups is 1. The summed E-state index contributed by atoms with van der Waals surface area (Å²) in [6, 6.07) is 7.54. The van der Waals surface area contributed by atoms with Crippen molar-refractivity contribution in [2.75, 3.05) is 18.0 Å². The van der Waals surface area contributed by atoms with Crippen molar-refractivity contribution in [3.63, 3.8) is 0 Å². The zero-order chi connectivity index (χ0) is 13.2. The van der Waals surface area contributed by atoms with Crippen LogP contribution in [-0.4, -0.2) is 25.0 Å². The van der Waals surface area contributed by atoms with E-state index in [9.17, 15) is 9.59 Å². The number of nitrogens with zero attached hydrogens (tertiary/aromatic N) is 1. The van der Waals surface area contributed by atoms with E-state index in [0.29, 0.717) is 5.70 Å². The van der Waals surface area contributed by atoms with Crippen LogP contribution >= 0.6 is 0 Å². The number of nitrogens with one attached hydrogen (secondary N) is 2. The molecule has 2 heterocycles. The maximum atomic E-state index is 11.4. The Kier molecular flexibility index (Phi) is 2.95. The molecule has 2 aliphatic heterocycles. The predicted molar refractivity (Wildman–Crippen MR) is 72.5 cm³/mol. The summed E-state index contributed by atoms with van der Waals surface area (Å²) in [5.41, 5.74) is 2.40. The number of anilines is 1. The van der Waals surface area contributed by atoms with E-state index in [1.54, 1.807) is 6.08 Å². The third kappa shape index (κ3) is 2.45. The van der Waals surface area contributed by atoms with Crippen molar-refractivity contribution in [3.8, 4) is 0 Å². The number of rotatable bonds is 2. The second-order valence-electron chi connectivity index (χ2n) is 4.75. The van der Waals surface area contributed by atoms with Crippen molar-refractivity contribution in [1.82, 2.24) is 10.6 Å². The van der Waals surface area contributed by atoms with Crippen molar-refractivity contribution >= 4 is 23.7 Å². The highest BCUT2D eigenvalue weighted by molar-refractivity contribution is 6.13. The second-order valence-corrected chi connectivity index (χ2v) is 4.75. The first-order chi connectivity index (χ1) is 9.22. The fourth-order valence-corrected chi connectivity index (χ4v) is 2.41. The fourth-order valence-electron chi connectivity index (χ4n) is 2.41. The number of carbonyl (C=O) groups excluding carboxylic acids is 2. The smallest absolute Gasteiger partial charge is 0.326 e. The van der Waals surface area contributed by atoms with Gasteiger partial charge in [0.25, 0.3) is 5.91 Å². The Bertz CT molecular complexity index is 542. The van der Waals surface area contributed by atoms with Gasteiger partial charge in [-0.05, 0) is 36.6 Å². The monoisotopic (exact) mass is 257 g/mol. The Balaban J connectivity index is 1.77. The lowest BCUT2D eigenvalue weighted by Crippen LogP contribution is -2.22. The molecule has 98 valence electrons. The standard InChI is InChI=1S/C14H15N3O2/c18-13-12(15-14(19)16-13)9-10-3-5-11(6-4-10)17-7-1-2-8-17/h3-6,9H,1-2,7-8H2,(H2,15,16,18,19). The van der Waals surface area contributed by atoms with Crippen LogP contribution in [0, 0.1) is 0 Å². The van der Waals surface area contributed by atoms with E-state index >= 15 is 0 Å². The minimum absolute atomic E-state index is 0.291. The first kappa shape index (κ1) is 11.8. The van der Waals surface area contributed by atoms with Gasteiger partial charge < -0.3 is 10.2 Å². The van der Waals surface area contributed by atoms with E-state index < -0.39 is 6.03 Å². The zero-order valence-electron chi connectivity index (χ0n) is 10.5. The molecular weight excluding hydrogens is 242 g/mol. The molecule has 0 aromatic heterocycles. The highest BCUT2D eigenvalue weighted by atomic mass is 16.2. The van der Waals surface area contributed by atoms with Gasteiger partial charge in [0, 0.05) is 18.8 Å². The number of urea groups is 1. The molecule has 1 aromatic carbocycles. The van der Waals surface area contributed by atoms with Crippen LogP contribution in [0.15, 0.2) is 30.0 Å². The van der Waals surface area contributed by atoms with Crippen LogP contribution in [0.1, 0.15) is 18.4 Å².